The van der Waals surface area contributed by atoms with Crippen molar-refractivity contribution in [2.24, 2.45) is 5.16 Å². The first-order valence-electron chi connectivity index (χ1n) is 5.91. The van der Waals surface area contributed by atoms with E-state index in [4.69, 9.17) is 10.6 Å². The number of benzene rings is 2. The Morgan fingerprint density at radius 1 is 1.11 bits per heavy atom. The smallest absolute Gasteiger partial charge is 0.114 e. The van der Waals surface area contributed by atoms with E-state index in [1.54, 1.807) is 6.21 Å². The lowest BCUT2D eigenvalue weighted by molar-refractivity contribution is 0.160. The van der Waals surface area contributed by atoms with E-state index in [1.807, 2.05) is 55.5 Å². The van der Waals surface area contributed by atoms with E-state index in [-0.39, 0.29) is 0 Å². The minimum Gasteiger partial charge on any atom is -0.398 e. The van der Waals surface area contributed by atoms with Crippen LogP contribution >= 0.6 is 0 Å². The Bertz CT molecular complexity index is 532. The van der Waals surface area contributed by atoms with Gasteiger partial charge in [0.15, 0.2) is 0 Å². The van der Waals surface area contributed by atoms with Gasteiger partial charge in [0.05, 0.1) is 6.21 Å². The van der Waals surface area contributed by atoms with Gasteiger partial charge in [-0.25, -0.2) is 0 Å². The van der Waals surface area contributed by atoms with Crippen LogP contribution in [0.25, 0.3) is 11.1 Å². The van der Waals surface area contributed by atoms with Crippen molar-refractivity contribution in [2.75, 3.05) is 12.3 Å². The summed E-state index contributed by atoms with van der Waals surface area (Å²) in [7, 11) is 0. The zero-order valence-electron chi connectivity index (χ0n) is 10.3. The van der Waals surface area contributed by atoms with Gasteiger partial charge in [0.25, 0.3) is 0 Å². The van der Waals surface area contributed by atoms with Crippen LogP contribution in [-0.4, -0.2) is 12.8 Å². The summed E-state index contributed by atoms with van der Waals surface area (Å²) in [6.07, 6.45) is 1.70. The summed E-state index contributed by atoms with van der Waals surface area (Å²) < 4.78 is 0. The number of hydrogen-bond acceptors (Lipinski definition) is 3. The van der Waals surface area contributed by atoms with Crippen molar-refractivity contribution in [3.05, 3.63) is 54.1 Å². The number of hydrogen-bond donors (Lipinski definition) is 1. The SMILES string of the molecule is CCO/N=C\c1ccc(-c2ccccc2N)cc1. The molecule has 0 saturated heterocycles. The van der Waals surface area contributed by atoms with Crippen molar-refractivity contribution in [3.63, 3.8) is 0 Å². The zero-order valence-corrected chi connectivity index (χ0v) is 10.3. The Labute approximate surface area is 107 Å². The van der Waals surface area contributed by atoms with Crippen molar-refractivity contribution < 1.29 is 4.84 Å². The van der Waals surface area contributed by atoms with Gasteiger partial charge in [-0.3, -0.25) is 0 Å². The molecule has 0 radical (unpaired) electrons. The fourth-order valence-electron chi connectivity index (χ4n) is 1.68. The summed E-state index contributed by atoms with van der Waals surface area (Å²) in [4.78, 5) is 4.92. The van der Waals surface area contributed by atoms with E-state index in [2.05, 4.69) is 5.16 Å². The molecular weight excluding hydrogens is 224 g/mol. The van der Waals surface area contributed by atoms with Gasteiger partial charge < -0.3 is 10.6 Å². The Morgan fingerprint density at radius 2 is 1.83 bits per heavy atom. The van der Waals surface area contributed by atoms with E-state index in [0.717, 1.165) is 22.4 Å². The van der Waals surface area contributed by atoms with Crippen molar-refractivity contribution in [2.45, 2.75) is 6.92 Å². The van der Waals surface area contributed by atoms with Crippen molar-refractivity contribution in [1.82, 2.24) is 0 Å². The maximum Gasteiger partial charge on any atom is 0.114 e. The molecule has 92 valence electrons. The number of oxime groups is 1. The van der Waals surface area contributed by atoms with Gasteiger partial charge in [0.1, 0.15) is 6.61 Å². The molecule has 0 atom stereocenters. The third-order valence-electron chi connectivity index (χ3n) is 2.59. The zero-order chi connectivity index (χ0) is 12.8. The van der Waals surface area contributed by atoms with Crippen molar-refractivity contribution in [3.8, 4) is 11.1 Å². The first-order chi connectivity index (χ1) is 8.81. The van der Waals surface area contributed by atoms with Crippen molar-refractivity contribution >= 4 is 11.9 Å². The van der Waals surface area contributed by atoms with Crippen LogP contribution < -0.4 is 5.73 Å². The van der Waals surface area contributed by atoms with Gasteiger partial charge in [-0.05, 0) is 24.1 Å². The van der Waals surface area contributed by atoms with Gasteiger partial charge in [-0.2, -0.15) is 0 Å². The molecule has 0 aliphatic rings. The van der Waals surface area contributed by atoms with Crippen molar-refractivity contribution in [1.29, 1.82) is 0 Å². The molecule has 3 nitrogen and oxygen atoms in total. The molecule has 0 fully saturated rings. The minimum atomic E-state index is 0.579. The molecule has 0 saturated carbocycles. The maximum atomic E-state index is 5.94. The molecule has 2 rings (SSSR count). The molecule has 0 aromatic heterocycles. The van der Waals surface area contributed by atoms with Crippen LogP contribution in [0.15, 0.2) is 53.7 Å². The Morgan fingerprint density at radius 3 is 2.50 bits per heavy atom. The molecule has 2 N–H and O–H groups in total. The standard InChI is InChI=1S/C15H16N2O/c1-2-18-17-11-12-7-9-13(10-8-12)14-5-3-4-6-15(14)16/h3-11H,2,16H2,1H3/b17-11-. The molecule has 0 spiro atoms. The lowest BCUT2D eigenvalue weighted by Gasteiger charge is -2.05. The molecule has 0 heterocycles. The predicted molar refractivity (Wildman–Crippen MR) is 75.5 cm³/mol. The molecule has 3 heteroatoms. The average Bonchev–Trinajstić information content (AvgIpc) is 2.41. The highest BCUT2D eigenvalue weighted by molar-refractivity contribution is 5.82. The summed E-state index contributed by atoms with van der Waals surface area (Å²) in [6.45, 7) is 2.48. The molecule has 2 aromatic carbocycles. The summed E-state index contributed by atoms with van der Waals surface area (Å²) in [5.41, 5.74) is 9.88. The van der Waals surface area contributed by atoms with Gasteiger partial charge in [-0.1, -0.05) is 47.6 Å². The molecule has 18 heavy (non-hydrogen) atoms. The third kappa shape index (κ3) is 2.88. The van der Waals surface area contributed by atoms with Crippen LogP contribution in [0.4, 0.5) is 5.69 Å². The van der Waals surface area contributed by atoms with Crippen LogP contribution in [0, 0.1) is 0 Å². The normalized spacial score (nSPS) is 10.7. The topological polar surface area (TPSA) is 47.6 Å². The largest absolute Gasteiger partial charge is 0.398 e. The maximum absolute atomic E-state index is 5.94. The lowest BCUT2D eigenvalue weighted by atomic mass is 10.0. The molecule has 0 amide bonds. The Balaban J connectivity index is 2.20. The van der Waals surface area contributed by atoms with Gasteiger partial charge in [0.2, 0.25) is 0 Å². The second-order valence-electron chi connectivity index (χ2n) is 3.86. The molecular formula is C15H16N2O. The van der Waals surface area contributed by atoms with E-state index < -0.39 is 0 Å². The summed E-state index contributed by atoms with van der Waals surface area (Å²) in [5.74, 6) is 0. The second-order valence-corrected chi connectivity index (χ2v) is 3.86. The van der Waals surface area contributed by atoms with Crippen LogP contribution in [0.3, 0.4) is 0 Å². The van der Waals surface area contributed by atoms with Crippen LogP contribution in [0.5, 0.6) is 0 Å². The fraction of sp³-hybridized carbons (Fsp3) is 0.133. The number of para-hydroxylation sites is 1. The monoisotopic (exact) mass is 240 g/mol. The minimum absolute atomic E-state index is 0.579. The van der Waals surface area contributed by atoms with Gasteiger partial charge >= 0.3 is 0 Å². The van der Waals surface area contributed by atoms with E-state index in [0.29, 0.717) is 6.61 Å². The number of nitrogens with zero attached hydrogens (tertiary/aromatic N) is 1. The number of nitrogen functional groups attached to an aromatic ring is 1. The molecule has 0 aliphatic carbocycles. The summed E-state index contributed by atoms with van der Waals surface area (Å²) >= 11 is 0. The second kappa shape index (κ2) is 5.87. The number of anilines is 1. The first-order valence-corrected chi connectivity index (χ1v) is 5.91. The number of rotatable bonds is 4. The quantitative estimate of drug-likeness (QED) is 0.506. The molecule has 0 unspecified atom stereocenters. The van der Waals surface area contributed by atoms with Gasteiger partial charge in [0, 0.05) is 11.3 Å². The Hall–Kier alpha value is -2.29. The molecule has 0 bridgehead atoms. The summed E-state index contributed by atoms with van der Waals surface area (Å²) in [5, 5.41) is 3.83. The Kier molecular flexibility index (Phi) is 3.97. The highest BCUT2D eigenvalue weighted by Crippen LogP contribution is 2.25. The lowest BCUT2D eigenvalue weighted by Crippen LogP contribution is -1.90. The van der Waals surface area contributed by atoms with Crippen LogP contribution in [-0.2, 0) is 4.84 Å². The third-order valence-corrected chi connectivity index (χ3v) is 2.59. The molecule has 2 aromatic rings. The van der Waals surface area contributed by atoms with Crippen LogP contribution in [0.2, 0.25) is 0 Å². The highest BCUT2D eigenvalue weighted by Gasteiger charge is 2.00. The predicted octanol–water partition coefficient (Wildman–Crippen LogP) is 3.31. The molecule has 0 aliphatic heterocycles. The van der Waals surface area contributed by atoms with E-state index >= 15 is 0 Å². The van der Waals surface area contributed by atoms with Gasteiger partial charge in [-0.15, -0.1) is 0 Å². The number of nitrogens with two attached hydrogens (primary N) is 1. The summed E-state index contributed by atoms with van der Waals surface area (Å²) in [6, 6.07) is 15.9. The first kappa shape index (κ1) is 12.2. The average molecular weight is 240 g/mol. The van der Waals surface area contributed by atoms with E-state index in [1.165, 1.54) is 0 Å². The van der Waals surface area contributed by atoms with Crippen LogP contribution in [0.1, 0.15) is 12.5 Å². The van der Waals surface area contributed by atoms with E-state index in [9.17, 15) is 0 Å². The highest BCUT2D eigenvalue weighted by atomic mass is 16.6. The fourth-order valence-corrected chi connectivity index (χ4v) is 1.68.